The first-order chi connectivity index (χ1) is 26.5. The summed E-state index contributed by atoms with van der Waals surface area (Å²) in [6, 6.07) is 20.7. The topological polar surface area (TPSA) is 112 Å². The molecule has 2 aromatic carbocycles. The van der Waals surface area contributed by atoms with Crippen LogP contribution in [0.3, 0.4) is 0 Å². The fourth-order valence-corrected chi connectivity index (χ4v) is 7.24. The smallest absolute Gasteiger partial charge is 0.262 e. The van der Waals surface area contributed by atoms with Gasteiger partial charge in [-0.15, -0.1) is 11.3 Å². The number of carbonyl (C=O) groups is 2. The van der Waals surface area contributed by atoms with Crippen molar-refractivity contribution in [2.24, 2.45) is 9.98 Å². The maximum absolute atomic E-state index is 14.1. The van der Waals surface area contributed by atoms with E-state index in [1.165, 1.54) is 37.0 Å². The normalized spacial score (nSPS) is 14.4. The summed E-state index contributed by atoms with van der Waals surface area (Å²) in [5.74, 6) is 1.64. The number of aromatic nitrogens is 2. The second-order valence-corrected chi connectivity index (χ2v) is 16.0. The van der Waals surface area contributed by atoms with Gasteiger partial charge >= 0.3 is 0 Å². The molecule has 0 bridgehead atoms. The van der Waals surface area contributed by atoms with Crippen molar-refractivity contribution in [3.63, 3.8) is 0 Å². The molecule has 1 saturated heterocycles. The zero-order valence-electron chi connectivity index (χ0n) is 33.0. The number of unbranched alkanes of at least 4 members (excludes halogenated alkanes) is 4. The van der Waals surface area contributed by atoms with Crippen LogP contribution in [0.25, 0.3) is 5.57 Å². The van der Waals surface area contributed by atoms with E-state index >= 15 is 0 Å². The molecule has 2 amide bonds. The van der Waals surface area contributed by atoms with E-state index in [2.05, 4.69) is 64.6 Å². The van der Waals surface area contributed by atoms with Crippen LogP contribution in [-0.4, -0.2) is 78.1 Å². The van der Waals surface area contributed by atoms with Gasteiger partial charge < -0.3 is 19.9 Å². The third kappa shape index (κ3) is 11.9. The lowest BCUT2D eigenvalue weighted by molar-refractivity contribution is -0.133. The number of ether oxygens (including phenoxy) is 1. The monoisotopic (exact) mass is 761 g/mol. The molecule has 1 aliphatic heterocycles. The number of aliphatic imine (C=N–C) groups is 2. The van der Waals surface area contributed by atoms with Crippen LogP contribution in [0.2, 0.25) is 0 Å². The van der Waals surface area contributed by atoms with Gasteiger partial charge in [-0.3, -0.25) is 9.59 Å². The Morgan fingerprint density at radius 1 is 0.927 bits per heavy atom. The van der Waals surface area contributed by atoms with Crippen molar-refractivity contribution < 1.29 is 14.3 Å². The lowest BCUT2D eigenvalue weighted by atomic mass is 9.95. The van der Waals surface area contributed by atoms with Crippen LogP contribution in [0.5, 0.6) is 5.75 Å². The number of nitrogens with zero attached hydrogens (tertiary/aromatic N) is 6. The van der Waals surface area contributed by atoms with Crippen molar-refractivity contribution in [1.29, 1.82) is 0 Å². The first-order valence-electron chi connectivity index (χ1n) is 19.3. The number of allylic oxidation sites excluding steroid dienone is 1. The molecule has 1 atom stereocenters. The van der Waals surface area contributed by atoms with Gasteiger partial charge in [0, 0.05) is 61.6 Å². The number of hydrogen-bond acceptors (Lipinski definition) is 8. The molecule has 1 aliphatic rings. The number of thiophene rings is 1. The predicted molar refractivity (Wildman–Crippen MR) is 226 cm³/mol. The number of amidine groups is 1. The van der Waals surface area contributed by atoms with Crippen LogP contribution in [0.1, 0.15) is 98.0 Å². The standard InChI is InChI=1S/C44H55N7O3S/c1-7-8-9-10-11-29-54-36-19-17-34(18-20-36)32(2)31-48-40(45-6)35-15-13-33(14-16-35)30-37(49-41(52)38-21-22-39(55-38)44(3,4)5)42(53)50-25-27-51(28-26-50)43-46-23-12-24-47-43/h12-24,31,37H,6-11,25-30H2,1-5H3,(H,49,52)/b32-31+,48-40?/t37-/m0/s1. The Hall–Kier alpha value is -5.16. The van der Waals surface area contributed by atoms with Crippen molar-refractivity contribution in [3.8, 4) is 5.75 Å². The van der Waals surface area contributed by atoms with Crippen LogP contribution in [0.15, 0.2) is 95.3 Å². The quantitative estimate of drug-likeness (QED) is 0.0698. The third-order valence-corrected chi connectivity index (χ3v) is 11.1. The van der Waals surface area contributed by atoms with E-state index in [1.807, 2.05) is 72.5 Å². The van der Waals surface area contributed by atoms with Crippen molar-refractivity contribution in [1.82, 2.24) is 20.2 Å². The Morgan fingerprint density at radius 3 is 2.24 bits per heavy atom. The molecule has 0 aliphatic carbocycles. The van der Waals surface area contributed by atoms with Gasteiger partial charge in [0.15, 0.2) is 5.84 Å². The molecule has 0 spiro atoms. The molecule has 5 rings (SSSR count). The highest BCUT2D eigenvalue weighted by Gasteiger charge is 2.30. The van der Waals surface area contributed by atoms with E-state index < -0.39 is 6.04 Å². The molecule has 1 fully saturated rings. The van der Waals surface area contributed by atoms with Gasteiger partial charge in [-0.2, -0.15) is 0 Å². The summed E-state index contributed by atoms with van der Waals surface area (Å²) in [5.41, 5.74) is 3.65. The molecule has 10 nitrogen and oxygen atoms in total. The third-order valence-electron chi connectivity index (χ3n) is 9.61. The molecule has 3 heterocycles. The summed E-state index contributed by atoms with van der Waals surface area (Å²) in [6.45, 7) is 17.3. The summed E-state index contributed by atoms with van der Waals surface area (Å²) in [6.07, 6.45) is 11.6. The fourth-order valence-electron chi connectivity index (χ4n) is 6.27. The van der Waals surface area contributed by atoms with Gasteiger partial charge in [0.2, 0.25) is 11.9 Å². The molecular weight excluding hydrogens is 707 g/mol. The molecule has 55 heavy (non-hydrogen) atoms. The van der Waals surface area contributed by atoms with E-state index in [0.717, 1.165) is 45.9 Å². The van der Waals surface area contributed by atoms with Gasteiger partial charge in [0.25, 0.3) is 5.91 Å². The van der Waals surface area contributed by atoms with Gasteiger partial charge in [0.05, 0.1) is 11.5 Å². The second-order valence-electron chi connectivity index (χ2n) is 14.9. The largest absolute Gasteiger partial charge is 0.494 e. The predicted octanol–water partition coefficient (Wildman–Crippen LogP) is 8.38. The Morgan fingerprint density at radius 2 is 1.60 bits per heavy atom. The van der Waals surface area contributed by atoms with Gasteiger partial charge in [0.1, 0.15) is 11.8 Å². The molecule has 290 valence electrons. The number of amides is 2. The summed E-state index contributed by atoms with van der Waals surface area (Å²) >= 11 is 1.46. The molecule has 1 N–H and O–H groups in total. The highest BCUT2D eigenvalue weighted by Crippen LogP contribution is 2.29. The summed E-state index contributed by atoms with van der Waals surface area (Å²) < 4.78 is 5.92. The molecule has 2 aromatic heterocycles. The second kappa shape index (κ2) is 20.0. The zero-order chi connectivity index (χ0) is 39.2. The van der Waals surface area contributed by atoms with Crippen molar-refractivity contribution in [3.05, 3.63) is 112 Å². The van der Waals surface area contributed by atoms with E-state index in [0.29, 0.717) is 49.3 Å². The SMILES string of the molecule is C=NC(=N/C=C(\C)c1ccc(OCCCCCCC)cc1)c1ccc(C[C@H](NC(=O)c2ccc(C(C)(C)C)s2)C(=O)N2CCN(c3ncccn3)CC2)cc1. The van der Waals surface area contributed by atoms with Crippen LogP contribution >= 0.6 is 11.3 Å². The first-order valence-corrected chi connectivity index (χ1v) is 20.1. The molecule has 0 saturated carbocycles. The average Bonchev–Trinajstić information content (AvgIpc) is 3.72. The van der Waals surface area contributed by atoms with E-state index in [-0.39, 0.29) is 17.2 Å². The number of nitrogens with one attached hydrogen (secondary N) is 1. The van der Waals surface area contributed by atoms with Gasteiger partial charge in [-0.25, -0.2) is 20.0 Å². The Kier molecular flexibility index (Phi) is 14.9. The fraction of sp³-hybridized carbons (Fsp3) is 0.409. The molecular formula is C44H55N7O3S. The molecule has 0 unspecified atom stereocenters. The number of piperazine rings is 1. The van der Waals surface area contributed by atoms with Crippen molar-refractivity contribution in [2.75, 3.05) is 37.7 Å². The van der Waals surface area contributed by atoms with Crippen LogP contribution in [0.4, 0.5) is 5.95 Å². The molecule has 11 heteroatoms. The summed E-state index contributed by atoms with van der Waals surface area (Å²) in [5, 5.41) is 3.08. The van der Waals surface area contributed by atoms with Crippen LogP contribution < -0.4 is 15.0 Å². The maximum atomic E-state index is 14.1. The number of anilines is 1. The minimum absolute atomic E-state index is 0.0764. The van der Waals surface area contributed by atoms with Crippen LogP contribution in [0, 0.1) is 0 Å². The zero-order valence-corrected chi connectivity index (χ0v) is 33.8. The Labute approximate surface area is 330 Å². The lowest BCUT2D eigenvalue weighted by Crippen LogP contribution is -2.55. The molecule has 0 radical (unpaired) electrons. The number of carbonyl (C=O) groups excluding carboxylic acids is 2. The minimum atomic E-state index is -0.753. The highest BCUT2D eigenvalue weighted by atomic mass is 32.1. The number of benzene rings is 2. The van der Waals surface area contributed by atoms with E-state index in [1.54, 1.807) is 24.7 Å². The lowest BCUT2D eigenvalue weighted by Gasteiger charge is -2.36. The Balaban J connectivity index is 1.25. The Bertz CT molecular complexity index is 1910. The minimum Gasteiger partial charge on any atom is -0.494 e. The van der Waals surface area contributed by atoms with E-state index in [4.69, 9.17) is 4.74 Å². The number of rotatable bonds is 16. The molecule has 4 aromatic rings. The van der Waals surface area contributed by atoms with Crippen molar-refractivity contribution in [2.45, 2.75) is 84.6 Å². The van der Waals surface area contributed by atoms with Crippen LogP contribution in [-0.2, 0) is 16.6 Å². The summed E-state index contributed by atoms with van der Waals surface area (Å²) in [7, 11) is 0. The average molecular weight is 762 g/mol. The highest BCUT2D eigenvalue weighted by molar-refractivity contribution is 7.14. The summed E-state index contributed by atoms with van der Waals surface area (Å²) in [4.78, 5) is 50.8. The first kappa shape index (κ1) is 41.0. The van der Waals surface area contributed by atoms with E-state index in [9.17, 15) is 9.59 Å². The maximum Gasteiger partial charge on any atom is 0.262 e. The number of hydrogen-bond donors (Lipinski definition) is 1. The van der Waals surface area contributed by atoms with Crippen molar-refractivity contribution >= 4 is 47.2 Å². The van der Waals surface area contributed by atoms with Gasteiger partial charge in [-0.05, 0) is 72.5 Å². The van der Waals surface area contributed by atoms with Gasteiger partial charge in [-0.1, -0.05) is 89.8 Å².